The molecule has 0 amide bonds. The summed E-state index contributed by atoms with van der Waals surface area (Å²) in [6, 6.07) is 8.57. The van der Waals surface area contributed by atoms with Gasteiger partial charge in [0, 0.05) is 43.6 Å². The number of unbranched alkanes of at least 4 members (excludes halogenated alkanes) is 8. The lowest BCUT2D eigenvalue weighted by atomic mass is 10.1. The zero-order valence-electron chi connectivity index (χ0n) is 22.0. The quantitative estimate of drug-likeness (QED) is 0.0970. The molecular weight excluding hydrogens is 486 g/mol. The summed E-state index contributed by atoms with van der Waals surface area (Å²) in [5.74, 6) is 1.88. The SMILES string of the molecule is Nc1cc(N)nc(SCCCCCCCCCCCN2CCCN(Cc3ccc([N+](=O)[O-])cc3)CC2)n1. The summed E-state index contributed by atoms with van der Waals surface area (Å²) < 4.78 is 0. The number of benzene rings is 1. The highest BCUT2D eigenvalue weighted by molar-refractivity contribution is 7.99. The third-order valence-corrected chi connectivity index (χ3v) is 7.76. The van der Waals surface area contributed by atoms with E-state index < -0.39 is 0 Å². The second-order valence-electron chi connectivity index (χ2n) is 9.93. The molecule has 10 heteroatoms. The van der Waals surface area contributed by atoms with Gasteiger partial charge in [-0.15, -0.1) is 0 Å². The lowest BCUT2D eigenvalue weighted by Crippen LogP contribution is -2.31. The molecule has 1 fully saturated rings. The first kappa shape index (κ1) is 29.1. The number of hydrogen-bond donors (Lipinski definition) is 2. The number of nitrogen functional groups attached to an aromatic ring is 2. The minimum atomic E-state index is -0.339. The molecule has 0 aliphatic carbocycles. The van der Waals surface area contributed by atoms with E-state index in [1.54, 1.807) is 30.0 Å². The number of aromatic nitrogens is 2. The van der Waals surface area contributed by atoms with Gasteiger partial charge in [0.15, 0.2) is 5.16 Å². The maximum absolute atomic E-state index is 10.8. The Balaban J connectivity index is 1.14. The minimum Gasteiger partial charge on any atom is -0.383 e. The van der Waals surface area contributed by atoms with Crippen LogP contribution in [0.25, 0.3) is 0 Å². The lowest BCUT2D eigenvalue weighted by molar-refractivity contribution is -0.384. The molecule has 0 radical (unpaired) electrons. The molecule has 0 unspecified atom stereocenters. The summed E-state index contributed by atoms with van der Waals surface area (Å²) in [6.07, 6.45) is 12.9. The first-order chi connectivity index (χ1) is 18.0. The van der Waals surface area contributed by atoms with Gasteiger partial charge in [-0.3, -0.25) is 15.0 Å². The number of nitro groups is 1. The Kier molecular flexibility index (Phi) is 12.9. The number of non-ortho nitro benzene ring substituents is 1. The third-order valence-electron chi connectivity index (χ3n) is 6.83. The Labute approximate surface area is 225 Å². The van der Waals surface area contributed by atoms with Crippen molar-refractivity contribution in [3.8, 4) is 0 Å². The third kappa shape index (κ3) is 11.7. The van der Waals surface area contributed by atoms with E-state index in [4.69, 9.17) is 11.5 Å². The molecule has 0 bridgehead atoms. The first-order valence-corrected chi connectivity index (χ1v) is 14.7. The summed E-state index contributed by atoms with van der Waals surface area (Å²) >= 11 is 1.63. The van der Waals surface area contributed by atoms with Crippen LogP contribution in [0.5, 0.6) is 0 Å². The van der Waals surface area contributed by atoms with Crippen molar-refractivity contribution < 1.29 is 4.92 Å². The Morgan fingerprint density at radius 1 is 0.811 bits per heavy atom. The molecule has 0 saturated carbocycles. The summed E-state index contributed by atoms with van der Waals surface area (Å²) in [7, 11) is 0. The Hall–Kier alpha value is -2.43. The number of nitro benzene ring substituents is 1. The average molecular weight is 530 g/mol. The molecule has 9 nitrogen and oxygen atoms in total. The van der Waals surface area contributed by atoms with Crippen LogP contribution >= 0.6 is 11.8 Å². The van der Waals surface area contributed by atoms with Gasteiger partial charge in [0.2, 0.25) is 0 Å². The molecule has 1 saturated heterocycles. The average Bonchev–Trinajstić information content (AvgIpc) is 3.09. The molecule has 0 atom stereocenters. The van der Waals surface area contributed by atoms with Crippen LogP contribution in [0, 0.1) is 10.1 Å². The van der Waals surface area contributed by atoms with E-state index in [-0.39, 0.29) is 10.6 Å². The maximum Gasteiger partial charge on any atom is 0.269 e. The molecule has 1 aromatic carbocycles. The van der Waals surface area contributed by atoms with Crippen LogP contribution < -0.4 is 11.5 Å². The van der Waals surface area contributed by atoms with E-state index in [0.717, 1.165) is 37.5 Å². The molecule has 2 heterocycles. The van der Waals surface area contributed by atoms with Crippen molar-refractivity contribution in [3.63, 3.8) is 0 Å². The van der Waals surface area contributed by atoms with Gasteiger partial charge in [-0.25, -0.2) is 9.97 Å². The highest BCUT2D eigenvalue weighted by Crippen LogP contribution is 2.19. The van der Waals surface area contributed by atoms with E-state index in [0.29, 0.717) is 16.8 Å². The largest absolute Gasteiger partial charge is 0.383 e. The van der Waals surface area contributed by atoms with Crippen LogP contribution in [0.15, 0.2) is 35.5 Å². The number of thioether (sulfide) groups is 1. The van der Waals surface area contributed by atoms with E-state index in [1.807, 2.05) is 12.1 Å². The molecule has 0 spiro atoms. The molecule has 3 rings (SSSR count). The van der Waals surface area contributed by atoms with Crippen molar-refractivity contribution in [1.82, 2.24) is 19.8 Å². The van der Waals surface area contributed by atoms with Crippen molar-refractivity contribution in [2.75, 3.05) is 49.9 Å². The van der Waals surface area contributed by atoms with Crippen molar-refractivity contribution in [2.45, 2.75) is 75.9 Å². The number of anilines is 2. The zero-order chi connectivity index (χ0) is 26.3. The van der Waals surface area contributed by atoms with Crippen LogP contribution in [0.4, 0.5) is 17.3 Å². The Morgan fingerprint density at radius 2 is 1.38 bits per heavy atom. The van der Waals surface area contributed by atoms with Gasteiger partial charge in [-0.2, -0.15) is 0 Å². The van der Waals surface area contributed by atoms with Gasteiger partial charge < -0.3 is 16.4 Å². The van der Waals surface area contributed by atoms with Gasteiger partial charge in [0.25, 0.3) is 5.69 Å². The second kappa shape index (κ2) is 16.4. The van der Waals surface area contributed by atoms with Crippen molar-refractivity contribution in [3.05, 3.63) is 46.0 Å². The van der Waals surface area contributed by atoms with Gasteiger partial charge in [-0.1, -0.05) is 68.8 Å². The predicted octanol–water partition coefficient (Wildman–Crippen LogP) is 5.36. The molecule has 4 N–H and O–H groups in total. The minimum absolute atomic E-state index is 0.161. The first-order valence-electron chi connectivity index (χ1n) is 13.7. The van der Waals surface area contributed by atoms with E-state index in [1.165, 1.54) is 77.3 Å². The highest BCUT2D eigenvalue weighted by atomic mass is 32.2. The molecule has 1 aliphatic rings. The fourth-order valence-electron chi connectivity index (χ4n) is 4.75. The van der Waals surface area contributed by atoms with E-state index >= 15 is 0 Å². The standard InChI is InChI=1S/C27H43N7O2S/c28-25-21-26(29)31-27(30-25)37-20-9-7-5-3-1-2-4-6-8-15-32-16-10-17-33(19-18-32)22-23-11-13-24(14-12-23)34(35)36/h11-14,21H,1-10,15-20,22H2,(H4,28,29,30,31). The zero-order valence-corrected chi connectivity index (χ0v) is 22.8. The highest BCUT2D eigenvalue weighted by Gasteiger charge is 2.15. The summed E-state index contributed by atoms with van der Waals surface area (Å²) in [5, 5.41) is 11.5. The number of hydrogen-bond acceptors (Lipinski definition) is 9. The summed E-state index contributed by atoms with van der Waals surface area (Å²) in [6.45, 7) is 6.52. The smallest absolute Gasteiger partial charge is 0.269 e. The van der Waals surface area contributed by atoms with Crippen LogP contribution in [-0.2, 0) is 6.54 Å². The van der Waals surface area contributed by atoms with Gasteiger partial charge in [0.1, 0.15) is 11.6 Å². The second-order valence-corrected chi connectivity index (χ2v) is 11.0. The topological polar surface area (TPSA) is 127 Å². The van der Waals surface area contributed by atoms with Crippen molar-refractivity contribution in [2.24, 2.45) is 0 Å². The normalized spacial score (nSPS) is 15.0. The number of nitrogens with zero attached hydrogens (tertiary/aromatic N) is 5. The molecule has 37 heavy (non-hydrogen) atoms. The lowest BCUT2D eigenvalue weighted by Gasteiger charge is -2.21. The number of nitrogens with two attached hydrogens (primary N) is 2. The molecule has 204 valence electrons. The summed E-state index contributed by atoms with van der Waals surface area (Å²) in [5.41, 5.74) is 12.7. The van der Waals surface area contributed by atoms with Crippen LogP contribution in [0.3, 0.4) is 0 Å². The fraction of sp³-hybridized carbons (Fsp3) is 0.630. The van der Waals surface area contributed by atoms with Gasteiger partial charge >= 0.3 is 0 Å². The van der Waals surface area contributed by atoms with Gasteiger partial charge in [-0.05, 0) is 44.5 Å². The Morgan fingerprint density at radius 3 is 2.03 bits per heavy atom. The van der Waals surface area contributed by atoms with Crippen molar-refractivity contribution in [1.29, 1.82) is 0 Å². The summed E-state index contributed by atoms with van der Waals surface area (Å²) in [4.78, 5) is 24.0. The van der Waals surface area contributed by atoms with Crippen molar-refractivity contribution >= 4 is 29.1 Å². The predicted molar refractivity (Wildman–Crippen MR) is 153 cm³/mol. The van der Waals surface area contributed by atoms with Crippen LogP contribution in [0.1, 0.15) is 69.8 Å². The fourth-order valence-corrected chi connectivity index (χ4v) is 5.62. The van der Waals surface area contributed by atoms with Crippen LogP contribution in [0.2, 0.25) is 0 Å². The molecule has 1 aromatic heterocycles. The number of rotatable bonds is 16. The Bertz CT molecular complexity index is 925. The molecule has 2 aromatic rings. The van der Waals surface area contributed by atoms with E-state index in [2.05, 4.69) is 19.8 Å². The van der Waals surface area contributed by atoms with E-state index in [9.17, 15) is 10.1 Å². The molecule has 1 aliphatic heterocycles. The van der Waals surface area contributed by atoms with Crippen LogP contribution in [-0.4, -0.2) is 63.2 Å². The molecular formula is C27H43N7O2S. The maximum atomic E-state index is 10.8. The van der Waals surface area contributed by atoms with Gasteiger partial charge in [0.05, 0.1) is 4.92 Å². The monoisotopic (exact) mass is 529 g/mol.